The Balaban J connectivity index is 2.05. The van der Waals surface area contributed by atoms with Crippen molar-refractivity contribution >= 4 is 0 Å². The molecule has 2 rings (SSSR count). The van der Waals surface area contributed by atoms with Gasteiger partial charge in [0.1, 0.15) is 6.10 Å². The molecule has 17 heavy (non-hydrogen) atoms. The third-order valence-electron chi connectivity index (χ3n) is 2.60. The van der Waals surface area contributed by atoms with Crippen LogP contribution in [0.25, 0.3) is 0 Å². The van der Waals surface area contributed by atoms with Crippen LogP contribution in [-0.2, 0) is 6.54 Å². The summed E-state index contributed by atoms with van der Waals surface area (Å²) in [5.74, 6) is 0.624. The number of benzene rings is 1. The van der Waals surface area contributed by atoms with Crippen LogP contribution in [0.5, 0.6) is 5.88 Å². The van der Waals surface area contributed by atoms with E-state index in [1.807, 2.05) is 49.4 Å². The molecule has 3 heteroatoms. The Labute approximate surface area is 101 Å². The van der Waals surface area contributed by atoms with Crippen LogP contribution in [0.15, 0.2) is 48.7 Å². The molecule has 0 saturated carbocycles. The number of pyridine rings is 1. The van der Waals surface area contributed by atoms with Crippen molar-refractivity contribution in [2.75, 3.05) is 0 Å². The summed E-state index contributed by atoms with van der Waals surface area (Å²) >= 11 is 0. The summed E-state index contributed by atoms with van der Waals surface area (Å²) in [5.41, 5.74) is 7.65. The summed E-state index contributed by atoms with van der Waals surface area (Å²) in [6.07, 6.45) is 1.74. The molecule has 0 radical (unpaired) electrons. The smallest absolute Gasteiger partial charge is 0.213 e. The van der Waals surface area contributed by atoms with Crippen LogP contribution in [0, 0.1) is 0 Å². The van der Waals surface area contributed by atoms with Crippen LogP contribution in [-0.4, -0.2) is 4.98 Å². The van der Waals surface area contributed by atoms with Crippen molar-refractivity contribution in [1.29, 1.82) is 0 Å². The topological polar surface area (TPSA) is 48.1 Å². The van der Waals surface area contributed by atoms with Gasteiger partial charge >= 0.3 is 0 Å². The van der Waals surface area contributed by atoms with Gasteiger partial charge in [-0.2, -0.15) is 0 Å². The van der Waals surface area contributed by atoms with Gasteiger partial charge in [-0.3, -0.25) is 0 Å². The van der Waals surface area contributed by atoms with E-state index in [-0.39, 0.29) is 6.10 Å². The predicted molar refractivity (Wildman–Crippen MR) is 67.6 cm³/mol. The fourth-order valence-corrected chi connectivity index (χ4v) is 1.57. The average molecular weight is 228 g/mol. The first-order valence-electron chi connectivity index (χ1n) is 5.66. The van der Waals surface area contributed by atoms with Crippen molar-refractivity contribution in [3.05, 3.63) is 59.8 Å². The summed E-state index contributed by atoms with van der Waals surface area (Å²) in [6, 6.07) is 13.9. The molecule has 2 N–H and O–H groups in total. The van der Waals surface area contributed by atoms with E-state index >= 15 is 0 Å². The molecule has 88 valence electrons. The Bertz CT molecular complexity index is 453. The lowest BCUT2D eigenvalue weighted by Crippen LogP contribution is -2.04. The van der Waals surface area contributed by atoms with Gasteiger partial charge in [0, 0.05) is 18.8 Å². The van der Waals surface area contributed by atoms with Crippen molar-refractivity contribution < 1.29 is 4.74 Å². The molecule has 0 saturated heterocycles. The van der Waals surface area contributed by atoms with Crippen molar-refractivity contribution in [2.24, 2.45) is 5.73 Å². The summed E-state index contributed by atoms with van der Waals surface area (Å²) < 4.78 is 5.75. The highest BCUT2D eigenvalue weighted by molar-refractivity contribution is 5.21. The SMILES string of the molecule is CC(Oc1ccc(CN)cn1)c1ccccc1. The Kier molecular flexibility index (Phi) is 3.73. The van der Waals surface area contributed by atoms with Crippen LogP contribution in [0.4, 0.5) is 0 Å². The summed E-state index contributed by atoms with van der Waals surface area (Å²) in [7, 11) is 0. The monoisotopic (exact) mass is 228 g/mol. The van der Waals surface area contributed by atoms with E-state index in [0.717, 1.165) is 11.1 Å². The zero-order valence-electron chi connectivity index (χ0n) is 9.84. The maximum atomic E-state index is 5.75. The summed E-state index contributed by atoms with van der Waals surface area (Å²) in [6.45, 7) is 2.51. The van der Waals surface area contributed by atoms with E-state index in [1.165, 1.54) is 0 Å². The summed E-state index contributed by atoms with van der Waals surface area (Å²) in [5, 5.41) is 0. The van der Waals surface area contributed by atoms with Gasteiger partial charge in [0.05, 0.1) is 0 Å². The highest BCUT2D eigenvalue weighted by atomic mass is 16.5. The molecule has 2 aromatic rings. The fourth-order valence-electron chi connectivity index (χ4n) is 1.57. The molecule has 1 aromatic heterocycles. The van der Waals surface area contributed by atoms with Gasteiger partial charge < -0.3 is 10.5 Å². The highest BCUT2D eigenvalue weighted by Crippen LogP contribution is 2.19. The van der Waals surface area contributed by atoms with Gasteiger partial charge in [-0.1, -0.05) is 36.4 Å². The second-order valence-electron chi connectivity index (χ2n) is 3.88. The maximum Gasteiger partial charge on any atom is 0.213 e. The number of ether oxygens (including phenoxy) is 1. The Morgan fingerprint density at radius 1 is 1.18 bits per heavy atom. The number of nitrogens with zero attached hydrogens (tertiary/aromatic N) is 1. The first kappa shape index (κ1) is 11.6. The molecule has 0 spiro atoms. The first-order chi connectivity index (χ1) is 8.29. The van der Waals surface area contributed by atoms with Crippen LogP contribution in [0.1, 0.15) is 24.2 Å². The van der Waals surface area contributed by atoms with Crippen LogP contribution < -0.4 is 10.5 Å². The minimum atomic E-state index is -0.00701. The molecular weight excluding hydrogens is 212 g/mol. The van der Waals surface area contributed by atoms with Gasteiger partial charge in [0.2, 0.25) is 5.88 Å². The molecule has 3 nitrogen and oxygen atoms in total. The molecule has 0 aliphatic carbocycles. The Morgan fingerprint density at radius 2 is 1.94 bits per heavy atom. The molecule has 1 unspecified atom stereocenters. The third kappa shape index (κ3) is 3.04. The first-order valence-corrected chi connectivity index (χ1v) is 5.66. The van der Waals surface area contributed by atoms with Crippen LogP contribution >= 0.6 is 0 Å². The molecular formula is C14H16N2O. The lowest BCUT2D eigenvalue weighted by molar-refractivity contribution is 0.217. The zero-order valence-corrected chi connectivity index (χ0v) is 9.84. The quantitative estimate of drug-likeness (QED) is 0.875. The molecule has 0 fully saturated rings. The van der Waals surface area contributed by atoms with Crippen molar-refractivity contribution in [3.63, 3.8) is 0 Å². The predicted octanol–water partition coefficient (Wildman–Crippen LogP) is 2.68. The number of rotatable bonds is 4. The fraction of sp³-hybridized carbons (Fsp3) is 0.214. The number of hydrogen-bond acceptors (Lipinski definition) is 3. The molecule has 1 aromatic carbocycles. The maximum absolute atomic E-state index is 5.75. The summed E-state index contributed by atoms with van der Waals surface area (Å²) in [4.78, 5) is 4.21. The standard InChI is InChI=1S/C14H16N2O/c1-11(13-5-3-2-4-6-13)17-14-8-7-12(9-15)10-16-14/h2-8,10-11H,9,15H2,1H3. The van der Waals surface area contributed by atoms with Crippen molar-refractivity contribution in [1.82, 2.24) is 4.98 Å². The minimum absolute atomic E-state index is 0.00701. The van der Waals surface area contributed by atoms with Crippen molar-refractivity contribution in [2.45, 2.75) is 19.6 Å². The van der Waals surface area contributed by atoms with E-state index in [4.69, 9.17) is 10.5 Å². The number of nitrogens with two attached hydrogens (primary N) is 1. The molecule has 0 bridgehead atoms. The van der Waals surface area contributed by atoms with Gasteiger partial charge in [-0.05, 0) is 18.1 Å². The molecule has 0 amide bonds. The molecule has 0 aliphatic rings. The Morgan fingerprint density at radius 3 is 2.53 bits per heavy atom. The van der Waals surface area contributed by atoms with E-state index in [9.17, 15) is 0 Å². The van der Waals surface area contributed by atoms with Crippen LogP contribution in [0.2, 0.25) is 0 Å². The van der Waals surface area contributed by atoms with Crippen LogP contribution in [0.3, 0.4) is 0 Å². The van der Waals surface area contributed by atoms with Gasteiger partial charge in [0.15, 0.2) is 0 Å². The zero-order chi connectivity index (χ0) is 12.1. The van der Waals surface area contributed by atoms with Crippen molar-refractivity contribution in [3.8, 4) is 5.88 Å². The van der Waals surface area contributed by atoms with E-state index < -0.39 is 0 Å². The lowest BCUT2D eigenvalue weighted by Gasteiger charge is -2.14. The van der Waals surface area contributed by atoms with Gasteiger partial charge in [-0.15, -0.1) is 0 Å². The third-order valence-corrected chi connectivity index (χ3v) is 2.60. The lowest BCUT2D eigenvalue weighted by atomic mass is 10.1. The highest BCUT2D eigenvalue weighted by Gasteiger charge is 2.06. The average Bonchev–Trinajstić information content (AvgIpc) is 2.40. The molecule has 1 heterocycles. The second kappa shape index (κ2) is 5.46. The van der Waals surface area contributed by atoms with Gasteiger partial charge in [0.25, 0.3) is 0 Å². The van der Waals surface area contributed by atoms with Gasteiger partial charge in [-0.25, -0.2) is 4.98 Å². The largest absolute Gasteiger partial charge is 0.470 e. The second-order valence-corrected chi connectivity index (χ2v) is 3.88. The van der Waals surface area contributed by atoms with E-state index in [1.54, 1.807) is 6.20 Å². The minimum Gasteiger partial charge on any atom is -0.470 e. The molecule has 1 atom stereocenters. The van der Waals surface area contributed by atoms with E-state index in [2.05, 4.69) is 4.98 Å². The normalized spacial score (nSPS) is 12.1. The van der Waals surface area contributed by atoms with E-state index in [0.29, 0.717) is 12.4 Å². The number of hydrogen-bond donors (Lipinski definition) is 1. The number of aromatic nitrogens is 1. The Hall–Kier alpha value is -1.87. The molecule has 0 aliphatic heterocycles.